The fraction of sp³-hybridized carbons (Fsp3) is 0.368. The van der Waals surface area contributed by atoms with Gasteiger partial charge in [0.2, 0.25) is 0 Å². The normalized spacial score (nSPS) is 14.0. The van der Waals surface area contributed by atoms with Gasteiger partial charge >= 0.3 is 0 Å². The zero-order valence-electron chi connectivity index (χ0n) is 14.4. The third-order valence-corrected chi connectivity index (χ3v) is 4.66. The molecule has 2 aromatic heterocycles. The second kappa shape index (κ2) is 6.27. The van der Waals surface area contributed by atoms with Gasteiger partial charge in [-0.15, -0.1) is 0 Å². The third-order valence-electron chi connectivity index (χ3n) is 4.66. The Labute approximate surface area is 145 Å². The molecule has 6 nitrogen and oxygen atoms in total. The number of hydrogen-bond acceptors (Lipinski definition) is 4. The Morgan fingerprint density at radius 3 is 2.64 bits per heavy atom. The lowest BCUT2D eigenvalue weighted by Gasteiger charge is -2.09. The number of nitrogens with zero attached hydrogens (tertiary/aromatic N) is 2. The molecule has 0 saturated heterocycles. The van der Waals surface area contributed by atoms with Crippen molar-refractivity contribution in [2.24, 2.45) is 0 Å². The van der Waals surface area contributed by atoms with Crippen LogP contribution >= 0.6 is 0 Å². The van der Waals surface area contributed by atoms with Crippen LogP contribution in [0.1, 0.15) is 35.7 Å². The van der Waals surface area contributed by atoms with E-state index in [-0.39, 0.29) is 5.56 Å². The predicted molar refractivity (Wildman–Crippen MR) is 94.7 cm³/mol. The molecule has 1 aliphatic rings. The SMILES string of the molecule is COc1ccc(CCc2cc(=O)n3[nH]c(C4CC4)cc3n2)cc1OC. The number of methoxy groups -OCH3 is 2. The highest BCUT2D eigenvalue weighted by molar-refractivity contribution is 5.44. The molecule has 2 heterocycles. The molecule has 3 aromatic rings. The van der Waals surface area contributed by atoms with Crippen LogP contribution in [0.5, 0.6) is 11.5 Å². The fourth-order valence-corrected chi connectivity index (χ4v) is 3.10. The molecule has 0 radical (unpaired) electrons. The van der Waals surface area contributed by atoms with Gasteiger partial charge in [0.1, 0.15) is 0 Å². The van der Waals surface area contributed by atoms with Crippen molar-refractivity contribution in [1.82, 2.24) is 14.6 Å². The maximum Gasteiger partial charge on any atom is 0.272 e. The lowest BCUT2D eigenvalue weighted by molar-refractivity contribution is 0.354. The number of nitrogens with one attached hydrogen (secondary N) is 1. The summed E-state index contributed by atoms with van der Waals surface area (Å²) >= 11 is 0. The minimum Gasteiger partial charge on any atom is -0.493 e. The molecule has 1 saturated carbocycles. The number of ether oxygens (including phenoxy) is 2. The van der Waals surface area contributed by atoms with E-state index < -0.39 is 0 Å². The molecule has 1 aromatic carbocycles. The highest BCUT2D eigenvalue weighted by Crippen LogP contribution is 2.39. The summed E-state index contributed by atoms with van der Waals surface area (Å²) in [5.74, 6) is 1.99. The standard InChI is InChI=1S/C19H21N3O3/c1-24-16-8-4-12(9-17(16)25-2)3-7-14-10-19(23)22-18(20-14)11-15(21-22)13-5-6-13/h4,8-11,13,21H,3,5-7H2,1-2H3. The van der Waals surface area contributed by atoms with E-state index in [1.54, 1.807) is 20.3 Å². The molecule has 1 fully saturated rings. The smallest absolute Gasteiger partial charge is 0.272 e. The average molecular weight is 339 g/mol. The van der Waals surface area contributed by atoms with E-state index in [1.165, 1.54) is 17.4 Å². The first-order valence-electron chi connectivity index (χ1n) is 8.50. The Balaban J connectivity index is 1.55. The van der Waals surface area contributed by atoms with Crippen LogP contribution in [0.4, 0.5) is 0 Å². The quantitative estimate of drug-likeness (QED) is 0.750. The Morgan fingerprint density at radius 1 is 1.12 bits per heavy atom. The van der Waals surface area contributed by atoms with Crippen molar-refractivity contribution in [3.63, 3.8) is 0 Å². The van der Waals surface area contributed by atoms with E-state index in [0.29, 0.717) is 29.5 Å². The minimum absolute atomic E-state index is 0.0563. The van der Waals surface area contributed by atoms with Crippen molar-refractivity contribution in [2.75, 3.05) is 14.2 Å². The Bertz CT molecular complexity index is 970. The molecule has 0 aliphatic heterocycles. The van der Waals surface area contributed by atoms with Crippen LogP contribution in [0.3, 0.4) is 0 Å². The lowest BCUT2D eigenvalue weighted by Crippen LogP contribution is -2.16. The first kappa shape index (κ1) is 15.7. The third kappa shape index (κ3) is 3.12. The maximum atomic E-state index is 12.3. The monoisotopic (exact) mass is 339 g/mol. The zero-order valence-corrected chi connectivity index (χ0v) is 14.4. The van der Waals surface area contributed by atoms with E-state index in [0.717, 1.165) is 23.4 Å². The number of rotatable bonds is 6. The zero-order chi connectivity index (χ0) is 17.4. The van der Waals surface area contributed by atoms with Gasteiger partial charge in [0, 0.05) is 29.4 Å². The maximum absolute atomic E-state index is 12.3. The first-order valence-corrected chi connectivity index (χ1v) is 8.50. The van der Waals surface area contributed by atoms with Gasteiger partial charge < -0.3 is 9.47 Å². The van der Waals surface area contributed by atoms with Gasteiger partial charge in [0.15, 0.2) is 17.1 Å². The van der Waals surface area contributed by atoms with Crippen molar-refractivity contribution in [3.8, 4) is 11.5 Å². The molecule has 130 valence electrons. The highest BCUT2D eigenvalue weighted by atomic mass is 16.5. The Kier molecular flexibility index (Phi) is 3.95. The molecule has 0 amide bonds. The molecule has 6 heteroatoms. The minimum atomic E-state index is -0.0563. The molecular weight excluding hydrogens is 318 g/mol. The summed E-state index contributed by atoms with van der Waals surface area (Å²) < 4.78 is 12.1. The summed E-state index contributed by atoms with van der Waals surface area (Å²) in [7, 11) is 3.25. The van der Waals surface area contributed by atoms with Gasteiger partial charge in [-0.3, -0.25) is 9.89 Å². The molecule has 0 spiro atoms. The summed E-state index contributed by atoms with van der Waals surface area (Å²) in [4.78, 5) is 16.9. The molecule has 1 aliphatic carbocycles. The van der Waals surface area contributed by atoms with Crippen LogP contribution in [0.2, 0.25) is 0 Å². The van der Waals surface area contributed by atoms with Crippen molar-refractivity contribution in [3.05, 3.63) is 57.6 Å². The summed E-state index contributed by atoms with van der Waals surface area (Å²) in [6.45, 7) is 0. The van der Waals surface area contributed by atoms with E-state index in [4.69, 9.17) is 9.47 Å². The van der Waals surface area contributed by atoms with Gasteiger partial charge in [-0.2, -0.15) is 0 Å². The first-order chi connectivity index (χ1) is 12.2. The van der Waals surface area contributed by atoms with Crippen molar-refractivity contribution < 1.29 is 9.47 Å². The van der Waals surface area contributed by atoms with Crippen LogP contribution in [0.25, 0.3) is 5.65 Å². The Hall–Kier alpha value is -2.76. The van der Waals surface area contributed by atoms with Crippen LogP contribution in [0.15, 0.2) is 35.1 Å². The van der Waals surface area contributed by atoms with Crippen LogP contribution in [-0.2, 0) is 12.8 Å². The van der Waals surface area contributed by atoms with Crippen LogP contribution < -0.4 is 15.0 Å². The molecule has 1 N–H and O–H groups in total. The number of benzene rings is 1. The van der Waals surface area contributed by atoms with Gasteiger partial charge in [0.05, 0.1) is 14.2 Å². The summed E-state index contributed by atoms with van der Waals surface area (Å²) in [6, 6.07) is 9.48. The van der Waals surface area contributed by atoms with E-state index >= 15 is 0 Å². The average Bonchev–Trinajstić information content (AvgIpc) is 3.39. The second-order valence-corrected chi connectivity index (χ2v) is 6.45. The van der Waals surface area contributed by atoms with Gasteiger partial charge in [0.25, 0.3) is 5.56 Å². The second-order valence-electron chi connectivity index (χ2n) is 6.45. The molecule has 0 unspecified atom stereocenters. The van der Waals surface area contributed by atoms with Crippen LogP contribution in [0, 0.1) is 0 Å². The number of fused-ring (bicyclic) bond motifs is 1. The number of H-pyrrole nitrogens is 1. The number of aromatic nitrogens is 3. The summed E-state index contributed by atoms with van der Waals surface area (Å²) in [5.41, 5.74) is 3.69. The van der Waals surface area contributed by atoms with Crippen LogP contribution in [-0.4, -0.2) is 28.8 Å². The predicted octanol–water partition coefficient (Wildman–Crippen LogP) is 2.70. The Morgan fingerprint density at radius 2 is 1.92 bits per heavy atom. The van der Waals surface area contributed by atoms with Gasteiger partial charge in [-0.05, 0) is 43.4 Å². The van der Waals surface area contributed by atoms with Crippen molar-refractivity contribution in [2.45, 2.75) is 31.6 Å². The number of hydrogen-bond donors (Lipinski definition) is 1. The molecule has 25 heavy (non-hydrogen) atoms. The molecule has 0 atom stereocenters. The fourth-order valence-electron chi connectivity index (χ4n) is 3.10. The topological polar surface area (TPSA) is 68.6 Å². The van der Waals surface area contributed by atoms with E-state index in [9.17, 15) is 4.79 Å². The van der Waals surface area contributed by atoms with Crippen molar-refractivity contribution in [1.29, 1.82) is 0 Å². The van der Waals surface area contributed by atoms with Gasteiger partial charge in [-0.1, -0.05) is 6.07 Å². The largest absolute Gasteiger partial charge is 0.493 e. The number of aryl methyl sites for hydroxylation is 2. The molecule has 4 rings (SSSR count). The van der Waals surface area contributed by atoms with E-state index in [2.05, 4.69) is 10.1 Å². The lowest BCUT2D eigenvalue weighted by atomic mass is 10.1. The molecular formula is C19H21N3O3. The summed E-state index contributed by atoms with van der Waals surface area (Å²) in [6.07, 6.45) is 3.86. The highest BCUT2D eigenvalue weighted by Gasteiger charge is 2.25. The number of aromatic amines is 1. The summed E-state index contributed by atoms with van der Waals surface area (Å²) in [5, 5.41) is 3.17. The van der Waals surface area contributed by atoms with Gasteiger partial charge in [-0.25, -0.2) is 9.50 Å². The van der Waals surface area contributed by atoms with E-state index in [1.807, 2.05) is 24.3 Å². The molecule has 0 bridgehead atoms. The van der Waals surface area contributed by atoms with Crippen molar-refractivity contribution >= 4 is 5.65 Å².